The Balaban J connectivity index is 0.000000212. The molecule has 5 N–H and O–H groups in total. The Bertz CT molecular complexity index is 755. The molecule has 1 fully saturated rings. The number of aromatic amines is 1. The first-order valence-corrected chi connectivity index (χ1v) is 9.87. The van der Waals surface area contributed by atoms with E-state index >= 15 is 0 Å². The van der Waals surface area contributed by atoms with Gasteiger partial charge in [-0.05, 0) is 37.8 Å². The normalized spacial score (nSPS) is 15.3. The smallest absolute Gasteiger partial charge is 0.306 e. The third-order valence-corrected chi connectivity index (χ3v) is 4.99. The van der Waals surface area contributed by atoms with Crippen LogP contribution < -0.4 is 5.73 Å². The first kappa shape index (κ1) is 22.3. The van der Waals surface area contributed by atoms with Crippen LogP contribution in [0.4, 0.5) is 0 Å². The van der Waals surface area contributed by atoms with Crippen molar-refractivity contribution in [3.8, 4) is 0 Å². The van der Waals surface area contributed by atoms with Crippen molar-refractivity contribution in [3.05, 3.63) is 35.4 Å². The van der Waals surface area contributed by atoms with E-state index in [9.17, 15) is 4.79 Å². The Morgan fingerprint density at radius 1 is 1.41 bits per heavy atom. The predicted molar refractivity (Wildman–Crippen MR) is 108 cm³/mol. The van der Waals surface area contributed by atoms with Crippen molar-refractivity contribution in [2.24, 2.45) is 11.7 Å². The number of aryl methyl sites for hydroxylation is 1. The van der Waals surface area contributed by atoms with Crippen molar-refractivity contribution in [2.45, 2.75) is 51.9 Å². The summed E-state index contributed by atoms with van der Waals surface area (Å²) in [5.74, 6) is -0.0263. The maximum absolute atomic E-state index is 10.7. The summed E-state index contributed by atoms with van der Waals surface area (Å²) in [6, 6.07) is 4.23. The van der Waals surface area contributed by atoms with Gasteiger partial charge < -0.3 is 15.7 Å². The van der Waals surface area contributed by atoms with Crippen molar-refractivity contribution >= 4 is 11.9 Å². The number of pyridine rings is 1. The number of H-pyrrole nitrogens is 1. The number of carboxylic acid groups (broad SMARTS) is 1. The van der Waals surface area contributed by atoms with Gasteiger partial charge in [0.2, 0.25) is 0 Å². The molecule has 0 aromatic carbocycles. The molecule has 10 nitrogen and oxygen atoms in total. The van der Waals surface area contributed by atoms with Crippen LogP contribution in [-0.4, -0.2) is 60.6 Å². The zero-order valence-corrected chi connectivity index (χ0v) is 17.0. The highest BCUT2D eigenvalue weighted by Crippen LogP contribution is 2.26. The minimum absolute atomic E-state index is 0.190. The fraction of sp³-hybridized carbons (Fsp3) is 0.579. The molecule has 1 unspecified atom stereocenters. The number of hydrogen-bond acceptors (Lipinski definition) is 6. The van der Waals surface area contributed by atoms with Crippen molar-refractivity contribution in [3.63, 3.8) is 0 Å². The maximum Gasteiger partial charge on any atom is 0.306 e. The average molecular weight is 403 g/mol. The molecule has 0 radical (unpaired) electrons. The van der Waals surface area contributed by atoms with E-state index in [1.165, 1.54) is 11.3 Å². The van der Waals surface area contributed by atoms with Gasteiger partial charge in [-0.2, -0.15) is 5.21 Å². The van der Waals surface area contributed by atoms with Crippen molar-refractivity contribution in [1.29, 1.82) is 5.41 Å². The molecule has 3 heterocycles. The Labute approximate surface area is 170 Å². The Morgan fingerprint density at radius 2 is 2.14 bits per heavy atom. The van der Waals surface area contributed by atoms with E-state index in [1.54, 1.807) is 0 Å². The number of piperidine rings is 1. The van der Waals surface area contributed by atoms with Gasteiger partial charge in [-0.3, -0.25) is 15.2 Å². The van der Waals surface area contributed by atoms with Gasteiger partial charge in [0.1, 0.15) is 0 Å². The molecule has 0 spiro atoms. The number of aromatic nitrogens is 5. The molecule has 2 aromatic rings. The molecule has 1 atom stereocenters. The van der Waals surface area contributed by atoms with Crippen LogP contribution in [-0.2, 0) is 11.2 Å². The lowest BCUT2D eigenvalue weighted by molar-refractivity contribution is -0.142. The number of nitrogens with two attached hydrogens (primary N) is 1. The molecule has 2 aromatic heterocycles. The number of hydrogen-bond donors (Lipinski definition) is 4. The SMILES string of the molecule is CCCC(Cc1nn[nH]n1)C(=O)O.Cc1ccc(C2CCN(C(=N)N)CC2)nc1. The summed E-state index contributed by atoms with van der Waals surface area (Å²) < 4.78 is 0. The summed E-state index contributed by atoms with van der Waals surface area (Å²) in [5, 5.41) is 29.3. The lowest BCUT2D eigenvalue weighted by Crippen LogP contribution is -2.41. The van der Waals surface area contributed by atoms with Crippen molar-refractivity contribution in [2.75, 3.05) is 13.1 Å². The summed E-state index contributed by atoms with van der Waals surface area (Å²) in [4.78, 5) is 17.1. The fourth-order valence-electron chi connectivity index (χ4n) is 3.29. The maximum atomic E-state index is 10.7. The van der Waals surface area contributed by atoms with Crippen LogP contribution in [0.5, 0.6) is 0 Å². The zero-order valence-electron chi connectivity index (χ0n) is 17.0. The largest absolute Gasteiger partial charge is 0.481 e. The van der Waals surface area contributed by atoms with Gasteiger partial charge in [0.05, 0.1) is 5.92 Å². The number of likely N-dealkylation sites (tertiary alicyclic amines) is 1. The molecule has 1 aliphatic rings. The van der Waals surface area contributed by atoms with E-state index in [4.69, 9.17) is 16.2 Å². The van der Waals surface area contributed by atoms with E-state index in [1.807, 2.05) is 18.0 Å². The molecule has 0 bridgehead atoms. The zero-order chi connectivity index (χ0) is 21.2. The third kappa shape index (κ3) is 7.13. The second-order valence-electron chi connectivity index (χ2n) is 7.26. The molecule has 1 aliphatic heterocycles. The molecule has 158 valence electrons. The number of guanidine groups is 1. The molecule has 0 amide bonds. The van der Waals surface area contributed by atoms with E-state index in [0.717, 1.165) is 32.4 Å². The number of rotatable bonds is 6. The molecular formula is C19H30N8O2. The summed E-state index contributed by atoms with van der Waals surface area (Å²) in [6.07, 6.45) is 5.83. The summed E-state index contributed by atoms with van der Waals surface area (Å²) in [7, 11) is 0. The highest BCUT2D eigenvalue weighted by Gasteiger charge is 2.22. The average Bonchev–Trinajstić information content (AvgIpc) is 3.22. The van der Waals surface area contributed by atoms with Crippen LogP contribution >= 0.6 is 0 Å². The van der Waals surface area contributed by atoms with Crippen LogP contribution in [0.15, 0.2) is 18.3 Å². The number of carboxylic acids is 1. The van der Waals surface area contributed by atoms with E-state index in [2.05, 4.69) is 44.7 Å². The quantitative estimate of drug-likeness (QED) is 0.420. The monoisotopic (exact) mass is 402 g/mol. The van der Waals surface area contributed by atoms with Crippen LogP contribution in [0.2, 0.25) is 0 Å². The molecule has 29 heavy (non-hydrogen) atoms. The minimum atomic E-state index is -0.799. The molecule has 0 aliphatic carbocycles. The number of aliphatic carboxylic acids is 1. The molecule has 1 saturated heterocycles. The highest BCUT2D eigenvalue weighted by atomic mass is 16.4. The Kier molecular flexibility index (Phi) is 8.50. The van der Waals surface area contributed by atoms with Crippen LogP contribution in [0, 0.1) is 18.3 Å². The standard InChI is InChI=1S/C12H18N4.C7H12N4O2/c1-9-2-3-11(15-8-9)10-4-6-16(7-5-10)12(13)14;1-2-3-5(7(12)13)4-6-8-10-11-9-6/h2-3,8,10H,4-7H2,1H3,(H3,13,14);5H,2-4H2,1H3,(H,12,13)(H,8,9,10,11). The van der Waals surface area contributed by atoms with Crippen LogP contribution in [0.25, 0.3) is 0 Å². The summed E-state index contributed by atoms with van der Waals surface area (Å²) in [5.41, 5.74) is 7.84. The molecule has 0 saturated carbocycles. The first-order chi connectivity index (χ1) is 13.9. The summed E-state index contributed by atoms with van der Waals surface area (Å²) in [6.45, 7) is 5.74. The van der Waals surface area contributed by atoms with Crippen molar-refractivity contribution in [1.82, 2.24) is 30.5 Å². The lowest BCUT2D eigenvalue weighted by atomic mass is 9.93. The number of carbonyl (C=O) groups is 1. The van der Waals surface area contributed by atoms with Crippen molar-refractivity contribution < 1.29 is 9.90 Å². The second kappa shape index (κ2) is 11.1. The lowest BCUT2D eigenvalue weighted by Gasteiger charge is -2.31. The van der Waals surface area contributed by atoms with Gasteiger partial charge in [-0.15, -0.1) is 10.2 Å². The minimum Gasteiger partial charge on any atom is -0.481 e. The Morgan fingerprint density at radius 3 is 2.62 bits per heavy atom. The fourth-order valence-corrected chi connectivity index (χ4v) is 3.29. The van der Waals surface area contributed by atoms with E-state index in [-0.39, 0.29) is 5.96 Å². The van der Waals surface area contributed by atoms with E-state index < -0.39 is 11.9 Å². The van der Waals surface area contributed by atoms with Gasteiger partial charge >= 0.3 is 5.97 Å². The van der Waals surface area contributed by atoms with Gasteiger partial charge in [0.15, 0.2) is 11.8 Å². The van der Waals surface area contributed by atoms with Gasteiger partial charge in [0, 0.05) is 37.3 Å². The number of nitrogens with one attached hydrogen (secondary N) is 2. The number of nitrogens with zero attached hydrogens (tertiary/aromatic N) is 5. The third-order valence-electron chi connectivity index (χ3n) is 4.99. The van der Waals surface area contributed by atoms with E-state index in [0.29, 0.717) is 24.6 Å². The highest BCUT2D eigenvalue weighted by molar-refractivity contribution is 5.74. The predicted octanol–water partition coefficient (Wildman–Crippen LogP) is 1.71. The molecule has 10 heteroatoms. The molecular weight excluding hydrogens is 372 g/mol. The van der Waals surface area contributed by atoms with Gasteiger partial charge in [-0.1, -0.05) is 24.6 Å². The Hall–Kier alpha value is -3.04. The summed E-state index contributed by atoms with van der Waals surface area (Å²) >= 11 is 0. The van der Waals surface area contributed by atoms with Crippen LogP contribution in [0.1, 0.15) is 55.6 Å². The molecule has 3 rings (SSSR count). The van der Waals surface area contributed by atoms with Gasteiger partial charge in [0.25, 0.3) is 0 Å². The second-order valence-corrected chi connectivity index (χ2v) is 7.26. The number of tetrazole rings is 1. The van der Waals surface area contributed by atoms with Crippen LogP contribution in [0.3, 0.4) is 0 Å². The topological polar surface area (TPSA) is 158 Å². The first-order valence-electron chi connectivity index (χ1n) is 9.87. The van der Waals surface area contributed by atoms with Gasteiger partial charge in [-0.25, -0.2) is 0 Å².